The molecule has 4 rings (SSSR count). The number of fused-ring (bicyclic) bond motifs is 1. The summed E-state index contributed by atoms with van der Waals surface area (Å²) in [7, 11) is -2.23. The largest absolute Gasteiger partial charge is 0.341 e. The summed E-state index contributed by atoms with van der Waals surface area (Å²) in [6.07, 6.45) is 3.42. The number of carbonyl (C=O) groups is 1. The molecule has 0 aliphatic carbocycles. The van der Waals surface area contributed by atoms with Gasteiger partial charge in [-0.25, -0.2) is 13.2 Å². The fourth-order valence-electron chi connectivity index (χ4n) is 4.37. The fourth-order valence-corrected chi connectivity index (χ4v) is 5.87. The Morgan fingerprint density at radius 1 is 1.06 bits per heavy atom. The van der Waals surface area contributed by atoms with E-state index in [2.05, 4.69) is 6.92 Å². The Balaban J connectivity index is 1.76. The molecule has 0 unspecified atom stereocenters. The number of rotatable bonds is 4. The third-order valence-corrected chi connectivity index (χ3v) is 8.35. The molecule has 0 N–H and O–H groups in total. The molecule has 9 nitrogen and oxygen atoms in total. The molecule has 10 heteroatoms. The third-order valence-electron chi connectivity index (χ3n) is 6.46. The topological polar surface area (TPSA) is 102 Å². The molecule has 168 valence electrons. The Kier molecular flexibility index (Phi) is 5.78. The van der Waals surface area contributed by atoms with Crippen LogP contribution >= 0.6 is 0 Å². The normalized spacial score (nSPS) is 18.7. The van der Waals surface area contributed by atoms with Crippen molar-refractivity contribution in [3.63, 3.8) is 0 Å². The Labute approximate surface area is 180 Å². The van der Waals surface area contributed by atoms with Gasteiger partial charge in [-0.05, 0) is 49.8 Å². The van der Waals surface area contributed by atoms with Gasteiger partial charge in [-0.1, -0.05) is 6.92 Å². The predicted molar refractivity (Wildman–Crippen MR) is 116 cm³/mol. The third kappa shape index (κ3) is 3.94. The SMILES string of the molecule is CC1CCN(S(=O)(=O)c2ccc3c(c2)c(=O)n(CC(=O)N2CCCC2)c(=O)n3C)CC1. The number of aryl methyl sites for hydroxylation is 1. The van der Waals surface area contributed by atoms with E-state index >= 15 is 0 Å². The van der Waals surface area contributed by atoms with Crippen LogP contribution in [0.15, 0.2) is 32.7 Å². The predicted octanol–water partition coefficient (Wildman–Crippen LogP) is 0.743. The van der Waals surface area contributed by atoms with Crippen molar-refractivity contribution in [2.75, 3.05) is 26.2 Å². The molecule has 0 spiro atoms. The van der Waals surface area contributed by atoms with E-state index in [-0.39, 0.29) is 22.7 Å². The lowest BCUT2D eigenvalue weighted by Gasteiger charge is -2.29. The van der Waals surface area contributed by atoms with Gasteiger partial charge in [0.15, 0.2) is 0 Å². The van der Waals surface area contributed by atoms with Crippen molar-refractivity contribution in [2.24, 2.45) is 13.0 Å². The number of amides is 1. The Hall–Kier alpha value is -2.46. The van der Waals surface area contributed by atoms with Gasteiger partial charge in [0.1, 0.15) is 6.54 Å². The van der Waals surface area contributed by atoms with Crippen LogP contribution in [0.2, 0.25) is 0 Å². The lowest BCUT2D eigenvalue weighted by molar-refractivity contribution is -0.130. The molecule has 2 saturated heterocycles. The number of likely N-dealkylation sites (tertiary alicyclic amines) is 1. The van der Waals surface area contributed by atoms with Gasteiger partial charge in [0.05, 0.1) is 15.8 Å². The van der Waals surface area contributed by atoms with Crippen LogP contribution in [0.5, 0.6) is 0 Å². The smallest absolute Gasteiger partial charge is 0.331 e. The van der Waals surface area contributed by atoms with Gasteiger partial charge < -0.3 is 4.90 Å². The highest BCUT2D eigenvalue weighted by molar-refractivity contribution is 7.89. The van der Waals surface area contributed by atoms with Crippen molar-refractivity contribution in [1.29, 1.82) is 0 Å². The first kappa shape index (κ1) is 21.8. The van der Waals surface area contributed by atoms with E-state index in [0.717, 1.165) is 30.3 Å². The van der Waals surface area contributed by atoms with Crippen molar-refractivity contribution in [1.82, 2.24) is 18.3 Å². The number of benzene rings is 1. The second kappa shape index (κ2) is 8.23. The lowest BCUT2D eigenvalue weighted by atomic mass is 10.0. The highest BCUT2D eigenvalue weighted by atomic mass is 32.2. The van der Waals surface area contributed by atoms with E-state index in [4.69, 9.17) is 0 Å². The van der Waals surface area contributed by atoms with Gasteiger partial charge in [0.2, 0.25) is 15.9 Å². The quantitative estimate of drug-likeness (QED) is 0.687. The molecule has 31 heavy (non-hydrogen) atoms. The summed E-state index contributed by atoms with van der Waals surface area (Å²) in [6.45, 7) is 3.90. The van der Waals surface area contributed by atoms with Gasteiger partial charge in [-0.15, -0.1) is 0 Å². The monoisotopic (exact) mass is 448 g/mol. The summed E-state index contributed by atoms with van der Waals surface area (Å²) in [6, 6.07) is 4.26. The first-order valence-electron chi connectivity index (χ1n) is 10.7. The molecule has 1 aromatic heterocycles. The number of nitrogens with zero attached hydrogens (tertiary/aromatic N) is 4. The van der Waals surface area contributed by atoms with Crippen molar-refractivity contribution in [3.8, 4) is 0 Å². The molecule has 1 aromatic carbocycles. The number of sulfonamides is 1. The Morgan fingerprint density at radius 2 is 1.71 bits per heavy atom. The molecule has 2 fully saturated rings. The zero-order chi connectivity index (χ0) is 22.3. The van der Waals surface area contributed by atoms with Gasteiger partial charge >= 0.3 is 5.69 Å². The summed E-state index contributed by atoms with van der Waals surface area (Å²) >= 11 is 0. The van der Waals surface area contributed by atoms with Crippen LogP contribution in [0, 0.1) is 5.92 Å². The van der Waals surface area contributed by atoms with Crippen LogP contribution in [0.1, 0.15) is 32.6 Å². The lowest BCUT2D eigenvalue weighted by Crippen LogP contribution is -2.44. The van der Waals surface area contributed by atoms with E-state index < -0.39 is 21.3 Å². The maximum atomic E-state index is 13.1. The average Bonchev–Trinajstić information content (AvgIpc) is 3.30. The summed E-state index contributed by atoms with van der Waals surface area (Å²) in [5.41, 5.74) is -0.897. The highest BCUT2D eigenvalue weighted by Gasteiger charge is 2.29. The van der Waals surface area contributed by atoms with E-state index in [0.29, 0.717) is 37.6 Å². The van der Waals surface area contributed by atoms with E-state index in [1.807, 2.05) is 0 Å². The molecular formula is C21H28N4O5S. The maximum absolute atomic E-state index is 13.1. The first-order chi connectivity index (χ1) is 14.7. The zero-order valence-electron chi connectivity index (χ0n) is 17.9. The number of hydrogen-bond acceptors (Lipinski definition) is 5. The number of aromatic nitrogens is 2. The minimum absolute atomic E-state index is 0.0303. The van der Waals surface area contributed by atoms with E-state index in [1.165, 1.54) is 34.1 Å². The van der Waals surface area contributed by atoms with Crippen LogP contribution in [-0.2, 0) is 28.4 Å². The molecule has 0 atom stereocenters. The maximum Gasteiger partial charge on any atom is 0.331 e. The molecule has 2 aliphatic rings. The van der Waals surface area contributed by atoms with Gasteiger partial charge in [-0.2, -0.15) is 4.31 Å². The van der Waals surface area contributed by atoms with Gasteiger partial charge in [-0.3, -0.25) is 18.7 Å². The van der Waals surface area contributed by atoms with Crippen LogP contribution in [-0.4, -0.2) is 58.8 Å². The van der Waals surface area contributed by atoms with Crippen LogP contribution in [0.4, 0.5) is 0 Å². The number of carbonyl (C=O) groups excluding carboxylic acids is 1. The minimum atomic E-state index is -3.74. The molecule has 0 radical (unpaired) electrons. The molecule has 2 aliphatic heterocycles. The summed E-state index contributed by atoms with van der Waals surface area (Å²) in [5.74, 6) is 0.209. The van der Waals surface area contributed by atoms with Gasteiger partial charge in [0.25, 0.3) is 5.56 Å². The van der Waals surface area contributed by atoms with Crippen molar-refractivity contribution in [3.05, 3.63) is 39.0 Å². The summed E-state index contributed by atoms with van der Waals surface area (Å²) < 4.78 is 29.9. The molecule has 2 aromatic rings. The van der Waals surface area contributed by atoms with Crippen molar-refractivity contribution < 1.29 is 13.2 Å². The fraction of sp³-hybridized carbons (Fsp3) is 0.571. The van der Waals surface area contributed by atoms with Gasteiger partial charge in [0, 0.05) is 33.2 Å². The Bertz CT molecular complexity index is 1230. The van der Waals surface area contributed by atoms with Crippen LogP contribution < -0.4 is 11.2 Å². The molecule has 0 saturated carbocycles. The average molecular weight is 449 g/mol. The second-order valence-electron chi connectivity index (χ2n) is 8.59. The van der Waals surface area contributed by atoms with Crippen LogP contribution in [0.3, 0.4) is 0 Å². The van der Waals surface area contributed by atoms with Crippen molar-refractivity contribution >= 4 is 26.8 Å². The molecule has 0 bridgehead atoms. The van der Waals surface area contributed by atoms with E-state index in [9.17, 15) is 22.8 Å². The summed E-state index contributed by atoms with van der Waals surface area (Å²) in [5, 5.41) is 0.114. The number of hydrogen-bond donors (Lipinski definition) is 0. The molecular weight excluding hydrogens is 420 g/mol. The molecule has 1 amide bonds. The van der Waals surface area contributed by atoms with Crippen LogP contribution in [0.25, 0.3) is 10.9 Å². The summed E-state index contributed by atoms with van der Waals surface area (Å²) in [4.78, 5) is 40.1. The second-order valence-corrected chi connectivity index (χ2v) is 10.5. The first-order valence-corrected chi connectivity index (χ1v) is 12.2. The standard InChI is InChI=1S/C21H28N4O5S/c1-15-7-11-24(12-8-15)31(29,30)16-5-6-18-17(13-16)20(27)25(21(28)22(18)2)14-19(26)23-9-3-4-10-23/h5-6,13,15H,3-4,7-12,14H2,1-2H3. The Morgan fingerprint density at radius 3 is 2.35 bits per heavy atom. The van der Waals surface area contributed by atoms with Crippen molar-refractivity contribution in [2.45, 2.75) is 44.0 Å². The van der Waals surface area contributed by atoms with E-state index in [1.54, 1.807) is 4.90 Å². The molecule has 3 heterocycles. The number of piperidine rings is 1. The highest BCUT2D eigenvalue weighted by Crippen LogP contribution is 2.24. The zero-order valence-corrected chi connectivity index (χ0v) is 18.7. The minimum Gasteiger partial charge on any atom is -0.341 e.